The fourth-order valence-electron chi connectivity index (χ4n) is 2.19. The first-order valence-electron chi connectivity index (χ1n) is 7.27. The van der Waals surface area contributed by atoms with E-state index in [1.54, 1.807) is 7.11 Å². The van der Waals surface area contributed by atoms with Crippen molar-refractivity contribution in [1.82, 2.24) is 4.98 Å². The summed E-state index contributed by atoms with van der Waals surface area (Å²) in [6.45, 7) is 3.87. The van der Waals surface area contributed by atoms with Gasteiger partial charge >= 0.3 is 0 Å². The average molecular weight is 285 g/mol. The van der Waals surface area contributed by atoms with E-state index in [0.29, 0.717) is 0 Å². The second-order valence-electron chi connectivity index (χ2n) is 4.99. The highest BCUT2D eigenvalue weighted by Crippen LogP contribution is 2.23. The molecule has 1 aromatic carbocycles. The molecule has 21 heavy (non-hydrogen) atoms. The molecular weight excluding hydrogens is 262 g/mol. The average Bonchev–Trinajstić information content (AvgIpc) is 2.53. The van der Waals surface area contributed by atoms with Crippen LogP contribution in [0.2, 0.25) is 0 Å². The fourth-order valence-corrected chi connectivity index (χ4v) is 2.19. The third-order valence-corrected chi connectivity index (χ3v) is 3.34. The molecule has 0 radical (unpaired) electrons. The van der Waals surface area contributed by atoms with E-state index in [9.17, 15) is 0 Å². The van der Waals surface area contributed by atoms with Gasteiger partial charge in [0.15, 0.2) is 0 Å². The van der Waals surface area contributed by atoms with Crippen LogP contribution in [0, 0.1) is 0 Å². The van der Waals surface area contributed by atoms with Crippen LogP contribution in [-0.4, -0.2) is 25.7 Å². The summed E-state index contributed by atoms with van der Waals surface area (Å²) in [5.74, 6) is 1.84. The van der Waals surface area contributed by atoms with Gasteiger partial charge < -0.3 is 15.0 Å². The minimum absolute atomic E-state index is 0.793. The number of hydrogen-bond acceptors (Lipinski definition) is 4. The quantitative estimate of drug-likeness (QED) is 0.844. The molecule has 0 spiro atoms. The number of rotatable bonds is 7. The van der Waals surface area contributed by atoms with Gasteiger partial charge in [-0.2, -0.15) is 0 Å². The number of nitrogens with one attached hydrogen (secondary N) is 1. The standard InChI is InChI=1S/C17H23N3O/c1-4-10-18-17-12-15(9-11-19-17)20(2)13-14-7-5-6-8-16(14)21-3/h5-9,11-12H,4,10,13H2,1-3H3,(H,18,19). The van der Waals surface area contributed by atoms with Crippen molar-refractivity contribution in [2.45, 2.75) is 19.9 Å². The van der Waals surface area contributed by atoms with Gasteiger partial charge in [0.05, 0.1) is 7.11 Å². The largest absolute Gasteiger partial charge is 0.496 e. The van der Waals surface area contributed by atoms with Crippen LogP contribution < -0.4 is 15.0 Å². The second-order valence-corrected chi connectivity index (χ2v) is 4.99. The van der Waals surface area contributed by atoms with E-state index >= 15 is 0 Å². The number of aromatic nitrogens is 1. The Labute approximate surface area is 126 Å². The summed E-state index contributed by atoms with van der Waals surface area (Å²) in [7, 11) is 3.78. The van der Waals surface area contributed by atoms with E-state index in [-0.39, 0.29) is 0 Å². The maximum atomic E-state index is 5.41. The van der Waals surface area contributed by atoms with E-state index in [2.05, 4.69) is 41.3 Å². The highest BCUT2D eigenvalue weighted by molar-refractivity contribution is 5.54. The Bertz CT molecular complexity index is 571. The molecule has 1 heterocycles. The van der Waals surface area contributed by atoms with Crippen molar-refractivity contribution in [2.24, 2.45) is 0 Å². The molecule has 0 bridgehead atoms. The van der Waals surface area contributed by atoms with Gasteiger partial charge in [0.2, 0.25) is 0 Å². The van der Waals surface area contributed by atoms with Crippen LogP contribution in [0.1, 0.15) is 18.9 Å². The Morgan fingerprint density at radius 3 is 2.81 bits per heavy atom. The Kier molecular flexibility index (Phi) is 5.43. The molecule has 0 unspecified atom stereocenters. The maximum absolute atomic E-state index is 5.41. The Balaban J connectivity index is 2.10. The second kappa shape index (κ2) is 7.53. The molecule has 112 valence electrons. The van der Waals surface area contributed by atoms with Crippen LogP contribution in [0.4, 0.5) is 11.5 Å². The van der Waals surface area contributed by atoms with Crippen molar-refractivity contribution in [2.75, 3.05) is 30.9 Å². The van der Waals surface area contributed by atoms with Crippen molar-refractivity contribution < 1.29 is 4.74 Å². The van der Waals surface area contributed by atoms with E-state index in [0.717, 1.165) is 36.8 Å². The third-order valence-electron chi connectivity index (χ3n) is 3.34. The van der Waals surface area contributed by atoms with Crippen LogP contribution in [-0.2, 0) is 6.54 Å². The number of methoxy groups -OCH3 is 1. The fraction of sp³-hybridized carbons (Fsp3) is 0.353. The molecular formula is C17H23N3O. The van der Waals surface area contributed by atoms with Crippen LogP contribution in [0.15, 0.2) is 42.6 Å². The lowest BCUT2D eigenvalue weighted by atomic mass is 10.2. The topological polar surface area (TPSA) is 37.4 Å². The minimum Gasteiger partial charge on any atom is -0.496 e. The van der Waals surface area contributed by atoms with Crippen molar-refractivity contribution in [3.63, 3.8) is 0 Å². The summed E-state index contributed by atoms with van der Waals surface area (Å²) >= 11 is 0. The number of nitrogens with zero attached hydrogens (tertiary/aromatic N) is 2. The molecule has 0 aliphatic heterocycles. The molecule has 4 nitrogen and oxygen atoms in total. The summed E-state index contributed by atoms with van der Waals surface area (Å²) < 4.78 is 5.41. The van der Waals surface area contributed by atoms with Gasteiger partial charge in [0.25, 0.3) is 0 Å². The molecule has 0 fully saturated rings. The van der Waals surface area contributed by atoms with Crippen molar-refractivity contribution in [3.8, 4) is 5.75 Å². The predicted molar refractivity (Wildman–Crippen MR) is 88.1 cm³/mol. The van der Waals surface area contributed by atoms with E-state index in [1.165, 1.54) is 5.56 Å². The zero-order valence-electron chi connectivity index (χ0n) is 13.0. The van der Waals surface area contributed by atoms with Gasteiger partial charge in [-0.15, -0.1) is 0 Å². The van der Waals surface area contributed by atoms with Gasteiger partial charge in [0.1, 0.15) is 11.6 Å². The molecule has 4 heteroatoms. The third kappa shape index (κ3) is 4.12. The molecule has 1 aromatic heterocycles. The molecule has 0 saturated heterocycles. The van der Waals surface area contributed by atoms with Crippen LogP contribution in [0.25, 0.3) is 0 Å². The van der Waals surface area contributed by atoms with Crippen molar-refractivity contribution in [3.05, 3.63) is 48.2 Å². The highest BCUT2D eigenvalue weighted by Gasteiger charge is 2.07. The molecule has 0 amide bonds. The zero-order valence-corrected chi connectivity index (χ0v) is 13.0. The van der Waals surface area contributed by atoms with E-state index < -0.39 is 0 Å². The molecule has 0 atom stereocenters. The van der Waals surface area contributed by atoms with Gasteiger partial charge in [-0.05, 0) is 18.6 Å². The summed E-state index contributed by atoms with van der Waals surface area (Å²) in [5, 5.41) is 3.31. The van der Waals surface area contributed by atoms with Crippen molar-refractivity contribution >= 4 is 11.5 Å². The monoisotopic (exact) mass is 285 g/mol. The van der Waals surface area contributed by atoms with Gasteiger partial charge in [-0.25, -0.2) is 4.98 Å². The normalized spacial score (nSPS) is 10.2. The lowest BCUT2D eigenvalue weighted by molar-refractivity contribution is 0.409. The van der Waals surface area contributed by atoms with Crippen LogP contribution >= 0.6 is 0 Å². The first-order chi connectivity index (χ1) is 10.2. The zero-order chi connectivity index (χ0) is 15.1. The Morgan fingerprint density at radius 1 is 1.24 bits per heavy atom. The van der Waals surface area contributed by atoms with Crippen molar-refractivity contribution in [1.29, 1.82) is 0 Å². The first-order valence-corrected chi connectivity index (χ1v) is 7.27. The summed E-state index contributed by atoms with van der Waals surface area (Å²) in [6.07, 6.45) is 2.93. The smallest absolute Gasteiger partial charge is 0.127 e. The Morgan fingerprint density at radius 2 is 2.05 bits per heavy atom. The number of hydrogen-bond donors (Lipinski definition) is 1. The van der Waals surface area contributed by atoms with E-state index in [1.807, 2.05) is 30.5 Å². The molecule has 2 rings (SSSR count). The number of ether oxygens (including phenoxy) is 1. The van der Waals surface area contributed by atoms with Gasteiger partial charge in [0, 0.05) is 43.7 Å². The maximum Gasteiger partial charge on any atom is 0.127 e. The van der Waals surface area contributed by atoms with Gasteiger partial charge in [-0.1, -0.05) is 25.1 Å². The first kappa shape index (κ1) is 15.2. The lowest BCUT2D eigenvalue weighted by Gasteiger charge is -2.21. The number of para-hydroxylation sites is 1. The van der Waals surface area contributed by atoms with E-state index in [4.69, 9.17) is 4.74 Å². The predicted octanol–water partition coefficient (Wildman–Crippen LogP) is 3.55. The summed E-state index contributed by atoms with van der Waals surface area (Å²) in [6, 6.07) is 12.2. The summed E-state index contributed by atoms with van der Waals surface area (Å²) in [5.41, 5.74) is 2.30. The highest BCUT2D eigenvalue weighted by atomic mass is 16.5. The van der Waals surface area contributed by atoms with Crippen LogP contribution in [0.5, 0.6) is 5.75 Å². The lowest BCUT2D eigenvalue weighted by Crippen LogP contribution is -2.17. The molecule has 0 aliphatic carbocycles. The van der Waals surface area contributed by atoms with Gasteiger partial charge in [-0.3, -0.25) is 0 Å². The number of benzene rings is 1. The SMILES string of the molecule is CCCNc1cc(N(C)Cc2ccccc2OC)ccn1. The molecule has 0 aliphatic rings. The minimum atomic E-state index is 0.793. The molecule has 2 aromatic rings. The number of pyridine rings is 1. The Hall–Kier alpha value is -2.23. The molecule has 1 N–H and O–H groups in total. The number of anilines is 2. The van der Waals surface area contributed by atoms with Crippen LogP contribution in [0.3, 0.4) is 0 Å². The summed E-state index contributed by atoms with van der Waals surface area (Å²) in [4.78, 5) is 6.53. The molecule has 0 saturated carbocycles.